The summed E-state index contributed by atoms with van der Waals surface area (Å²) in [4.78, 5) is 11.3. The Kier molecular flexibility index (Phi) is 4.94. The van der Waals surface area contributed by atoms with Crippen LogP contribution >= 0.6 is 0 Å². The van der Waals surface area contributed by atoms with Gasteiger partial charge in [-0.1, -0.05) is 13.8 Å². The van der Waals surface area contributed by atoms with E-state index in [1.54, 1.807) is 0 Å². The van der Waals surface area contributed by atoms with Gasteiger partial charge in [0.05, 0.1) is 6.54 Å². The van der Waals surface area contributed by atoms with E-state index < -0.39 is 0 Å². The molecule has 0 aromatic heterocycles. The summed E-state index contributed by atoms with van der Waals surface area (Å²) in [7, 11) is 0. The van der Waals surface area contributed by atoms with E-state index in [0.717, 1.165) is 25.4 Å². The van der Waals surface area contributed by atoms with Crippen LogP contribution in [0.2, 0.25) is 0 Å². The zero-order chi connectivity index (χ0) is 10.4. The first-order valence-corrected chi connectivity index (χ1v) is 5.66. The molecule has 0 aromatic rings. The van der Waals surface area contributed by atoms with Crippen molar-refractivity contribution in [2.45, 2.75) is 33.1 Å². The number of rotatable bonds is 7. The molecular weight excluding hydrogens is 176 g/mol. The maximum Gasteiger partial charge on any atom is 0.233 e. The Labute approximate surface area is 86.6 Å². The largest absolute Gasteiger partial charge is 0.355 e. The molecule has 0 atom stereocenters. The summed E-state index contributed by atoms with van der Waals surface area (Å²) >= 11 is 0. The van der Waals surface area contributed by atoms with Crippen LogP contribution < -0.4 is 10.6 Å². The van der Waals surface area contributed by atoms with E-state index in [4.69, 9.17) is 0 Å². The normalized spacial score (nSPS) is 15.9. The quantitative estimate of drug-likeness (QED) is 0.644. The van der Waals surface area contributed by atoms with E-state index in [1.807, 2.05) is 0 Å². The minimum absolute atomic E-state index is 0.131. The van der Waals surface area contributed by atoms with Crippen molar-refractivity contribution in [1.29, 1.82) is 0 Å². The smallest absolute Gasteiger partial charge is 0.233 e. The molecule has 1 aliphatic rings. The molecule has 0 aliphatic heterocycles. The Morgan fingerprint density at radius 2 is 2.14 bits per heavy atom. The molecular formula is C11H22N2O. The highest BCUT2D eigenvalue weighted by molar-refractivity contribution is 5.77. The highest BCUT2D eigenvalue weighted by Gasteiger charge is 2.20. The summed E-state index contributed by atoms with van der Waals surface area (Å²) in [6.45, 7) is 6.63. The third-order valence-corrected chi connectivity index (χ3v) is 2.46. The number of nitrogens with one attached hydrogen (secondary N) is 2. The van der Waals surface area contributed by atoms with Crippen molar-refractivity contribution in [2.75, 3.05) is 19.6 Å². The van der Waals surface area contributed by atoms with Crippen LogP contribution in [0.1, 0.15) is 33.1 Å². The van der Waals surface area contributed by atoms with Crippen molar-refractivity contribution in [3.8, 4) is 0 Å². The summed E-state index contributed by atoms with van der Waals surface area (Å²) < 4.78 is 0. The number of carbonyl (C=O) groups is 1. The maximum absolute atomic E-state index is 11.3. The van der Waals surface area contributed by atoms with Crippen molar-refractivity contribution in [2.24, 2.45) is 11.8 Å². The molecule has 3 heteroatoms. The summed E-state index contributed by atoms with van der Waals surface area (Å²) in [6, 6.07) is 0. The molecule has 0 saturated heterocycles. The highest BCUT2D eigenvalue weighted by atomic mass is 16.1. The minimum Gasteiger partial charge on any atom is -0.355 e. The minimum atomic E-state index is 0.131. The first-order chi connectivity index (χ1) is 6.68. The van der Waals surface area contributed by atoms with Gasteiger partial charge in [0, 0.05) is 6.54 Å². The van der Waals surface area contributed by atoms with Crippen LogP contribution in [0.15, 0.2) is 0 Å². The van der Waals surface area contributed by atoms with Crippen molar-refractivity contribution < 1.29 is 4.79 Å². The van der Waals surface area contributed by atoms with Gasteiger partial charge in [-0.15, -0.1) is 0 Å². The molecule has 0 heterocycles. The lowest BCUT2D eigenvalue weighted by Crippen LogP contribution is -2.35. The molecule has 1 rings (SSSR count). The van der Waals surface area contributed by atoms with E-state index in [0.29, 0.717) is 12.5 Å². The molecule has 2 N–H and O–H groups in total. The molecule has 0 spiro atoms. The van der Waals surface area contributed by atoms with E-state index >= 15 is 0 Å². The second-order valence-corrected chi connectivity index (χ2v) is 4.61. The lowest BCUT2D eigenvalue weighted by atomic mass is 10.1. The average Bonchev–Trinajstić information content (AvgIpc) is 2.87. The molecule has 0 bridgehead atoms. The van der Waals surface area contributed by atoms with Gasteiger partial charge < -0.3 is 10.6 Å². The molecule has 1 saturated carbocycles. The number of hydrogen-bond donors (Lipinski definition) is 2. The molecule has 1 amide bonds. The van der Waals surface area contributed by atoms with E-state index in [-0.39, 0.29) is 5.91 Å². The predicted molar refractivity (Wildman–Crippen MR) is 58.1 cm³/mol. The van der Waals surface area contributed by atoms with Gasteiger partial charge in [-0.05, 0) is 37.6 Å². The summed E-state index contributed by atoms with van der Waals surface area (Å²) in [5, 5.41) is 6.08. The van der Waals surface area contributed by atoms with Crippen LogP contribution in [-0.2, 0) is 4.79 Å². The second-order valence-electron chi connectivity index (χ2n) is 4.61. The van der Waals surface area contributed by atoms with Crippen LogP contribution in [0.4, 0.5) is 0 Å². The first kappa shape index (κ1) is 11.5. The lowest BCUT2D eigenvalue weighted by Gasteiger charge is -2.07. The molecule has 82 valence electrons. The Hall–Kier alpha value is -0.570. The standard InChI is InChI=1S/C11H22N2O/c1-9(2)5-6-13-11(14)8-12-7-10-3-4-10/h9-10,12H,3-8H2,1-2H3,(H,13,14). The fourth-order valence-corrected chi connectivity index (χ4v) is 1.27. The molecule has 0 aromatic carbocycles. The fourth-order valence-electron chi connectivity index (χ4n) is 1.27. The first-order valence-electron chi connectivity index (χ1n) is 5.66. The number of amides is 1. The summed E-state index contributed by atoms with van der Waals surface area (Å²) in [6.07, 6.45) is 3.73. The van der Waals surface area contributed by atoms with Crippen LogP contribution in [-0.4, -0.2) is 25.5 Å². The molecule has 0 radical (unpaired) electrons. The molecule has 3 nitrogen and oxygen atoms in total. The van der Waals surface area contributed by atoms with Crippen LogP contribution in [0.5, 0.6) is 0 Å². The Morgan fingerprint density at radius 1 is 1.43 bits per heavy atom. The Bertz CT molecular complexity index is 166. The average molecular weight is 198 g/mol. The van der Waals surface area contributed by atoms with E-state index in [1.165, 1.54) is 12.8 Å². The van der Waals surface area contributed by atoms with Crippen LogP contribution in [0.3, 0.4) is 0 Å². The van der Waals surface area contributed by atoms with Crippen LogP contribution in [0.25, 0.3) is 0 Å². The van der Waals surface area contributed by atoms with Crippen molar-refractivity contribution in [3.63, 3.8) is 0 Å². The SMILES string of the molecule is CC(C)CCNC(=O)CNCC1CC1. The van der Waals surface area contributed by atoms with Gasteiger partial charge in [-0.25, -0.2) is 0 Å². The number of carbonyl (C=O) groups excluding carboxylic acids is 1. The van der Waals surface area contributed by atoms with Gasteiger partial charge >= 0.3 is 0 Å². The van der Waals surface area contributed by atoms with Crippen molar-refractivity contribution >= 4 is 5.91 Å². The zero-order valence-corrected chi connectivity index (χ0v) is 9.31. The lowest BCUT2D eigenvalue weighted by molar-refractivity contribution is -0.120. The topological polar surface area (TPSA) is 41.1 Å². The maximum atomic E-state index is 11.3. The Balaban J connectivity index is 1.87. The van der Waals surface area contributed by atoms with Gasteiger partial charge in [0.1, 0.15) is 0 Å². The van der Waals surface area contributed by atoms with Gasteiger partial charge in [0.2, 0.25) is 5.91 Å². The second kappa shape index (κ2) is 6.02. The number of hydrogen-bond acceptors (Lipinski definition) is 2. The summed E-state index contributed by atoms with van der Waals surface area (Å²) in [5.74, 6) is 1.64. The van der Waals surface area contributed by atoms with Gasteiger partial charge in [0.15, 0.2) is 0 Å². The Morgan fingerprint density at radius 3 is 2.71 bits per heavy atom. The van der Waals surface area contributed by atoms with Crippen molar-refractivity contribution in [1.82, 2.24) is 10.6 Å². The van der Waals surface area contributed by atoms with E-state index in [9.17, 15) is 4.79 Å². The van der Waals surface area contributed by atoms with Gasteiger partial charge in [0.25, 0.3) is 0 Å². The molecule has 0 unspecified atom stereocenters. The predicted octanol–water partition coefficient (Wildman–Crippen LogP) is 1.15. The molecule has 14 heavy (non-hydrogen) atoms. The van der Waals surface area contributed by atoms with Gasteiger partial charge in [-0.3, -0.25) is 4.79 Å². The van der Waals surface area contributed by atoms with Gasteiger partial charge in [-0.2, -0.15) is 0 Å². The highest BCUT2D eigenvalue weighted by Crippen LogP contribution is 2.27. The zero-order valence-electron chi connectivity index (χ0n) is 9.31. The van der Waals surface area contributed by atoms with E-state index in [2.05, 4.69) is 24.5 Å². The fraction of sp³-hybridized carbons (Fsp3) is 0.909. The third kappa shape index (κ3) is 5.97. The van der Waals surface area contributed by atoms with Crippen LogP contribution in [0, 0.1) is 11.8 Å². The third-order valence-electron chi connectivity index (χ3n) is 2.46. The molecule has 1 fully saturated rings. The molecule has 1 aliphatic carbocycles. The monoisotopic (exact) mass is 198 g/mol. The van der Waals surface area contributed by atoms with Crippen molar-refractivity contribution in [3.05, 3.63) is 0 Å². The summed E-state index contributed by atoms with van der Waals surface area (Å²) in [5.41, 5.74) is 0.